The molecule has 0 heterocycles. The predicted octanol–water partition coefficient (Wildman–Crippen LogP) is 0.431. The van der Waals surface area contributed by atoms with Crippen molar-refractivity contribution >= 4 is 17.7 Å². The first-order chi connectivity index (χ1) is 8.54. The molecule has 6 nitrogen and oxygen atoms in total. The van der Waals surface area contributed by atoms with Gasteiger partial charge >= 0.3 is 6.03 Å². The van der Waals surface area contributed by atoms with Gasteiger partial charge in [-0.1, -0.05) is 12.1 Å². The molecule has 0 aliphatic carbocycles. The third-order valence-corrected chi connectivity index (χ3v) is 2.47. The summed E-state index contributed by atoms with van der Waals surface area (Å²) in [6, 6.07) is 6.93. The maximum atomic E-state index is 11.1. The summed E-state index contributed by atoms with van der Waals surface area (Å²) in [6.45, 7) is 4.55. The molecule has 97 valence electrons. The van der Waals surface area contributed by atoms with Gasteiger partial charge in [-0.25, -0.2) is 4.79 Å². The minimum absolute atomic E-state index is 0.0384. The highest BCUT2D eigenvalue weighted by Crippen LogP contribution is 2.15. The molecular weight excluding hydrogens is 230 g/mol. The Labute approximate surface area is 106 Å². The van der Waals surface area contributed by atoms with Gasteiger partial charge in [0.05, 0.1) is 0 Å². The van der Waals surface area contributed by atoms with Crippen LogP contribution < -0.4 is 21.7 Å². The number of hydrogen-bond acceptors (Lipinski definition) is 2. The minimum atomic E-state index is -0.518. The predicted molar refractivity (Wildman–Crippen MR) is 72.3 cm³/mol. The molecule has 0 bridgehead atoms. The van der Waals surface area contributed by atoms with E-state index < -0.39 is 6.03 Å². The smallest absolute Gasteiger partial charge is 0.319 e. The third-order valence-electron chi connectivity index (χ3n) is 2.47. The lowest BCUT2D eigenvalue weighted by Gasteiger charge is -2.18. The number of nitrogens with one attached hydrogen (secondary N) is 2. The molecule has 6 heteroatoms. The summed E-state index contributed by atoms with van der Waals surface area (Å²) in [5.41, 5.74) is 12.2. The molecule has 0 aliphatic rings. The first kappa shape index (κ1) is 13.8. The van der Waals surface area contributed by atoms with Crippen LogP contribution in [0.4, 0.5) is 10.5 Å². The summed E-state index contributed by atoms with van der Waals surface area (Å²) in [5.74, 6) is -0.0384. The fourth-order valence-corrected chi connectivity index (χ4v) is 1.55. The Bertz CT molecular complexity index is 415. The van der Waals surface area contributed by atoms with E-state index in [1.807, 2.05) is 24.3 Å². The van der Waals surface area contributed by atoms with Crippen LogP contribution in [0.1, 0.15) is 5.56 Å². The van der Waals surface area contributed by atoms with Gasteiger partial charge in [-0.2, -0.15) is 0 Å². The molecule has 0 fully saturated rings. The number of rotatable bonds is 5. The number of carbonyl (C=O) groups excluding carboxylic acids is 1. The van der Waals surface area contributed by atoms with Gasteiger partial charge in [-0.3, -0.25) is 10.3 Å². The van der Waals surface area contributed by atoms with E-state index in [0.29, 0.717) is 13.1 Å². The number of urea groups is 1. The summed E-state index contributed by atoms with van der Waals surface area (Å²) in [5, 5.41) is 9.75. The van der Waals surface area contributed by atoms with Gasteiger partial charge in [-0.05, 0) is 31.0 Å². The first-order valence-corrected chi connectivity index (χ1v) is 5.57. The van der Waals surface area contributed by atoms with Crippen molar-refractivity contribution in [2.75, 3.05) is 18.0 Å². The lowest BCUT2D eigenvalue weighted by atomic mass is 10.1. The molecule has 0 saturated carbocycles. The Morgan fingerprint density at radius 1 is 1.33 bits per heavy atom. The third kappa shape index (κ3) is 3.97. The van der Waals surface area contributed by atoms with Gasteiger partial charge < -0.3 is 16.8 Å². The highest BCUT2D eigenvalue weighted by Gasteiger charge is 2.09. The molecule has 1 aromatic carbocycles. The molecule has 6 N–H and O–H groups in total. The number of carbonyl (C=O) groups is 1. The second-order valence-electron chi connectivity index (χ2n) is 3.75. The number of anilines is 1. The molecule has 18 heavy (non-hydrogen) atoms. The SMILES string of the molecule is [CH2]CN(C(N)=O)c1ccc(CCNC(=N)N)cc1. The van der Waals surface area contributed by atoms with Crippen molar-refractivity contribution in [1.82, 2.24) is 5.32 Å². The van der Waals surface area contributed by atoms with Crippen LogP contribution >= 0.6 is 0 Å². The van der Waals surface area contributed by atoms with Gasteiger partial charge in [0.1, 0.15) is 0 Å². The molecule has 0 aromatic heterocycles. The van der Waals surface area contributed by atoms with Crippen LogP contribution in [0.15, 0.2) is 24.3 Å². The van der Waals surface area contributed by atoms with E-state index in [1.54, 1.807) is 0 Å². The van der Waals surface area contributed by atoms with Crippen molar-refractivity contribution in [2.45, 2.75) is 6.42 Å². The highest BCUT2D eigenvalue weighted by molar-refractivity contribution is 5.90. The number of amides is 2. The molecule has 0 spiro atoms. The second-order valence-corrected chi connectivity index (χ2v) is 3.75. The van der Waals surface area contributed by atoms with Crippen LogP contribution in [0.25, 0.3) is 0 Å². The normalized spacial score (nSPS) is 9.83. The fourth-order valence-electron chi connectivity index (χ4n) is 1.55. The van der Waals surface area contributed by atoms with Crippen LogP contribution in [0.3, 0.4) is 0 Å². The van der Waals surface area contributed by atoms with Crippen molar-refractivity contribution < 1.29 is 4.79 Å². The Hall–Kier alpha value is -2.24. The summed E-state index contributed by atoms with van der Waals surface area (Å²) in [6.07, 6.45) is 0.751. The Morgan fingerprint density at radius 2 is 1.94 bits per heavy atom. The minimum Gasteiger partial charge on any atom is -0.370 e. The fraction of sp³-hybridized carbons (Fsp3) is 0.250. The molecule has 0 atom stereocenters. The average molecular weight is 248 g/mol. The molecule has 1 radical (unpaired) electrons. The van der Waals surface area contributed by atoms with E-state index >= 15 is 0 Å². The van der Waals surface area contributed by atoms with Crippen LogP contribution in [0.2, 0.25) is 0 Å². The molecule has 0 unspecified atom stereocenters. The largest absolute Gasteiger partial charge is 0.370 e. The number of primary amides is 1. The van der Waals surface area contributed by atoms with Crippen molar-refractivity contribution in [3.8, 4) is 0 Å². The molecule has 0 saturated heterocycles. The van der Waals surface area contributed by atoms with Crippen molar-refractivity contribution in [3.05, 3.63) is 36.8 Å². The molecule has 0 aliphatic heterocycles. The number of nitrogens with two attached hydrogens (primary N) is 2. The van der Waals surface area contributed by atoms with Crippen LogP contribution in [-0.2, 0) is 6.42 Å². The summed E-state index contributed by atoms with van der Waals surface area (Å²) < 4.78 is 0. The van der Waals surface area contributed by atoms with E-state index in [0.717, 1.165) is 17.7 Å². The summed E-state index contributed by atoms with van der Waals surface area (Å²) in [4.78, 5) is 12.5. The second kappa shape index (κ2) is 6.48. The lowest BCUT2D eigenvalue weighted by Crippen LogP contribution is -2.35. The van der Waals surface area contributed by atoms with Gasteiger partial charge in [0.2, 0.25) is 0 Å². The van der Waals surface area contributed by atoms with Crippen LogP contribution in [-0.4, -0.2) is 25.1 Å². The number of guanidine groups is 1. The van der Waals surface area contributed by atoms with Gasteiger partial charge in [0.15, 0.2) is 5.96 Å². The number of hydrogen-bond donors (Lipinski definition) is 4. The standard InChI is InChI=1S/C12H18N5O/c1-2-17(12(15)18)10-5-3-9(4-6-10)7-8-16-11(13)14/h3-6H,1-2,7-8H2,(H2,15,18)(H4,13,14,16). The van der Waals surface area contributed by atoms with Gasteiger partial charge in [-0.15, -0.1) is 0 Å². The molecule has 1 aromatic rings. The van der Waals surface area contributed by atoms with E-state index in [2.05, 4.69) is 12.2 Å². The first-order valence-electron chi connectivity index (χ1n) is 5.57. The Balaban J connectivity index is 2.62. The molecule has 1 rings (SSSR count). The number of benzene rings is 1. The van der Waals surface area contributed by atoms with Gasteiger partial charge in [0.25, 0.3) is 0 Å². The van der Waals surface area contributed by atoms with Crippen molar-refractivity contribution in [3.63, 3.8) is 0 Å². The Morgan fingerprint density at radius 3 is 2.39 bits per heavy atom. The molecular formula is C12H18N5O. The Kier molecular flexibility index (Phi) is 4.98. The van der Waals surface area contributed by atoms with E-state index in [1.165, 1.54) is 4.90 Å². The highest BCUT2D eigenvalue weighted by atomic mass is 16.2. The summed E-state index contributed by atoms with van der Waals surface area (Å²) >= 11 is 0. The van der Waals surface area contributed by atoms with Crippen molar-refractivity contribution in [2.24, 2.45) is 11.5 Å². The zero-order valence-corrected chi connectivity index (χ0v) is 10.1. The molecule has 2 amide bonds. The topological polar surface area (TPSA) is 108 Å². The average Bonchev–Trinajstić information content (AvgIpc) is 2.31. The quantitative estimate of drug-likeness (QED) is 0.448. The van der Waals surface area contributed by atoms with Crippen LogP contribution in [0.5, 0.6) is 0 Å². The monoisotopic (exact) mass is 248 g/mol. The van der Waals surface area contributed by atoms with E-state index in [4.69, 9.17) is 16.9 Å². The van der Waals surface area contributed by atoms with E-state index in [-0.39, 0.29) is 5.96 Å². The van der Waals surface area contributed by atoms with Gasteiger partial charge in [0, 0.05) is 18.8 Å². The number of nitrogens with zero attached hydrogens (tertiary/aromatic N) is 1. The summed E-state index contributed by atoms with van der Waals surface area (Å²) in [7, 11) is 0. The maximum absolute atomic E-state index is 11.1. The zero-order chi connectivity index (χ0) is 13.5. The zero-order valence-electron chi connectivity index (χ0n) is 10.1. The van der Waals surface area contributed by atoms with E-state index in [9.17, 15) is 4.79 Å². The maximum Gasteiger partial charge on any atom is 0.319 e. The lowest BCUT2D eigenvalue weighted by molar-refractivity contribution is 0.254. The van der Waals surface area contributed by atoms with Crippen molar-refractivity contribution in [1.29, 1.82) is 5.41 Å². The van der Waals surface area contributed by atoms with Crippen LogP contribution in [0, 0.1) is 12.3 Å².